The number of carbonyl (C=O) groups is 1. The highest BCUT2D eigenvalue weighted by molar-refractivity contribution is 5.84. The summed E-state index contributed by atoms with van der Waals surface area (Å²) >= 11 is 0. The summed E-state index contributed by atoms with van der Waals surface area (Å²) in [6.45, 7) is 9.26. The maximum Gasteiger partial charge on any atom is 0.237 e. The third kappa shape index (κ3) is 3.96. The molecule has 0 aliphatic carbocycles. The third-order valence-corrected chi connectivity index (χ3v) is 3.92. The smallest absolute Gasteiger partial charge is 0.237 e. The van der Waals surface area contributed by atoms with Crippen LogP contribution in [0.3, 0.4) is 0 Å². The molecule has 0 bridgehead atoms. The standard InChI is InChI=1S/C13H27N3O/c1-4-15-13(3,12(14)17)8-6-10-16-9-5-7-11(16)2/h11,15H,4-10H2,1-3H3,(H2,14,17). The Labute approximate surface area is 105 Å². The summed E-state index contributed by atoms with van der Waals surface area (Å²) in [4.78, 5) is 14.0. The van der Waals surface area contributed by atoms with Gasteiger partial charge in [-0.25, -0.2) is 0 Å². The van der Waals surface area contributed by atoms with E-state index in [4.69, 9.17) is 5.73 Å². The summed E-state index contributed by atoms with van der Waals surface area (Å²) in [5, 5.41) is 3.20. The fourth-order valence-corrected chi connectivity index (χ4v) is 2.65. The zero-order valence-electron chi connectivity index (χ0n) is 11.5. The van der Waals surface area contributed by atoms with E-state index in [9.17, 15) is 4.79 Å². The van der Waals surface area contributed by atoms with Gasteiger partial charge in [0.25, 0.3) is 0 Å². The average Bonchev–Trinajstić information content (AvgIpc) is 2.65. The lowest BCUT2D eigenvalue weighted by Gasteiger charge is -2.28. The number of carbonyl (C=O) groups excluding carboxylic acids is 1. The van der Waals surface area contributed by atoms with Gasteiger partial charge in [-0.2, -0.15) is 0 Å². The minimum Gasteiger partial charge on any atom is -0.368 e. The molecule has 100 valence electrons. The Hall–Kier alpha value is -0.610. The van der Waals surface area contributed by atoms with Crippen LogP contribution in [0, 0.1) is 0 Å². The van der Waals surface area contributed by atoms with Crippen LogP contribution in [-0.2, 0) is 4.79 Å². The Balaban J connectivity index is 2.34. The first-order valence-corrected chi connectivity index (χ1v) is 6.78. The van der Waals surface area contributed by atoms with Gasteiger partial charge < -0.3 is 16.0 Å². The van der Waals surface area contributed by atoms with Gasteiger partial charge in [0.15, 0.2) is 0 Å². The molecule has 1 aliphatic heterocycles. The number of rotatable bonds is 7. The molecule has 0 aromatic carbocycles. The molecule has 0 radical (unpaired) electrons. The second-order valence-corrected chi connectivity index (χ2v) is 5.36. The van der Waals surface area contributed by atoms with Crippen LogP contribution in [0.5, 0.6) is 0 Å². The van der Waals surface area contributed by atoms with Crippen molar-refractivity contribution in [2.24, 2.45) is 5.73 Å². The number of amides is 1. The molecule has 0 spiro atoms. The van der Waals surface area contributed by atoms with Gasteiger partial charge in [0, 0.05) is 6.04 Å². The fraction of sp³-hybridized carbons (Fsp3) is 0.923. The van der Waals surface area contributed by atoms with E-state index in [0.717, 1.165) is 25.9 Å². The normalized spacial score (nSPS) is 24.8. The van der Waals surface area contributed by atoms with Crippen molar-refractivity contribution >= 4 is 5.91 Å². The predicted molar refractivity (Wildman–Crippen MR) is 70.8 cm³/mol. The van der Waals surface area contributed by atoms with Crippen LogP contribution in [0.15, 0.2) is 0 Å². The molecule has 2 atom stereocenters. The molecule has 0 aromatic rings. The second-order valence-electron chi connectivity index (χ2n) is 5.36. The molecule has 1 fully saturated rings. The van der Waals surface area contributed by atoms with Gasteiger partial charge in [-0.05, 0) is 59.2 Å². The first-order valence-electron chi connectivity index (χ1n) is 6.78. The van der Waals surface area contributed by atoms with Crippen molar-refractivity contribution in [3.05, 3.63) is 0 Å². The van der Waals surface area contributed by atoms with Crippen LogP contribution in [0.25, 0.3) is 0 Å². The van der Waals surface area contributed by atoms with Crippen molar-refractivity contribution in [2.45, 2.75) is 58.0 Å². The van der Waals surface area contributed by atoms with E-state index < -0.39 is 5.54 Å². The number of likely N-dealkylation sites (tertiary alicyclic amines) is 1. The van der Waals surface area contributed by atoms with Gasteiger partial charge in [-0.1, -0.05) is 6.92 Å². The molecular weight excluding hydrogens is 214 g/mol. The monoisotopic (exact) mass is 241 g/mol. The summed E-state index contributed by atoms with van der Waals surface area (Å²) in [5.41, 5.74) is 4.92. The van der Waals surface area contributed by atoms with Crippen LogP contribution in [0.1, 0.15) is 46.5 Å². The molecule has 1 aliphatic rings. The van der Waals surface area contributed by atoms with Crippen molar-refractivity contribution in [3.8, 4) is 0 Å². The van der Waals surface area contributed by atoms with Gasteiger partial charge in [0.05, 0.1) is 5.54 Å². The molecule has 0 aromatic heterocycles. The van der Waals surface area contributed by atoms with Crippen molar-refractivity contribution in [1.82, 2.24) is 10.2 Å². The lowest BCUT2D eigenvalue weighted by Crippen LogP contribution is -2.53. The number of nitrogens with zero attached hydrogens (tertiary/aromatic N) is 1. The quantitative estimate of drug-likeness (QED) is 0.702. The summed E-state index contributed by atoms with van der Waals surface area (Å²) in [6.07, 6.45) is 4.46. The van der Waals surface area contributed by atoms with E-state index in [-0.39, 0.29) is 5.91 Å². The topological polar surface area (TPSA) is 58.4 Å². The number of hydrogen-bond donors (Lipinski definition) is 2. The lowest BCUT2D eigenvalue weighted by atomic mass is 9.94. The average molecular weight is 241 g/mol. The minimum atomic E-state index is -0.544. The SMILES string of the molecule is CCNC(C)(CCCN1CCCC1C)C(N)=O. The first-order chi connectivity index (χ1) is 7.99. The van der Waals surface area contributed by atoms with Gasteiger partial charge in [0.1, 0.15) is 0 Å². The molecule has 4 heteroatoms. The van der Waals surface area contributed by atoms with Crippen LogP contribution >= 0.6 is 0 Å². The third-order valence-electron chi connectivity index (χ3n) is 3.92. The Morgan fingerprint density at radius 2 is 2.29 bits per heavy atom. The highest BCUT2D eigenvalue weighted by Gasteiger charge is 2.30. The molecule has 1 rings (SSSR count). The van der Waals surface area contributed by atoms with Gasteiger partial charge in [-0.3, -0.25) is 4.79 Å². The summed E-state index contributed by atoms with van der Waals surface area (Å²) in [5.74, 6) is -0.242. The van der Waals surface area contributed by atoms with Gasteiger partial charge in [0.2, 0.25) is 5.91 Å². The van der Waals surface area contributed by atoms with Crippen molar-refractivity contribution < 1.29 is 4.79 Å². The van der Waals surface area contributed by atoms with Crippen molar-refractivity contribution in [3.63, 3.8) is 0 Å². The predicted octanol–water partition coefficient (Wildman–Crippen LogP) is 1.10. The molecule has 4 nitrogen and oxygen atoms in total. The summed E-state index contributed by atoms with van der Waals surface area (Å²) in [7, 11) is 0. The molecule has 2 unspecified atom stereocenters. The molecule has 1 saturated heterocycles. The Kier molecular flexibility index (Phi) is 5.40. The van der Waals surface area contributed by atoms with Crippen LogP contribution in [0.4, 0.5) is 0 Å². The molecular formula is C13H27N3O. The van der Waals surface area contributed by atoms with Crippen LogP contribution in [-0.4, -0.2) is 42.0 Å². The number of likely N-dealkylation sites (N-methyl/N-ethyl adjacent to an activating group) is 1. The number of nitrogens with two attached hydrogens (primary N) is 1. The Bertz CT molecular complexity index is 257. The van der Waals surface area contributed by atoms with E-state index in [1.54, 1.807) is 0 Å². The van der Waals surface area contributed by atoms with Crippen LogP contribution < -0.4 is 11.1 Å². The van der Waals surface area contributed by atoms with E-state index in [1.807, 2.05) is 13.8 Å². The fourth-order valence-electron chi connectivity index (χ4n) is 2.65. The van der Waals surface area contributed by atoms with E-state index in [2.05, 4.69) is 17.1 Å². The largest absolute Gasteiger partial charge is 0.368 e. The Morgan fingerprint density at radius 1 is 1.59 bits per heavy atom. The number of nitrogens with one attached hydrogen (secondary N) is 1. The van der Waals surface area contributed by atoms with Crippen LogP contribution in [0.2, 0.25) is 0 Å². The van der Waals surface area contributed by atoms with E-state index in [0.29, 0.717) is 6.04 Å². The van der Waals surface area contributed by atoms with Crippen molar-refractivity contribution in [2.75, 3.05) is 19.6 Å². The lowest BCUT2D eigenvalue weighted by molar-refractivity contribution is -0.124. The van der Waals surface area contributed by atoms with Gasteiger partial charge >= 0.3 is 0 Å². The molecule has 0 saturated carbocycles. The maximum absolute atomic E-state index is 11.4. The molecule has 1 heterocycles. The zero-order chi connectivity index (χ0) is 12.9. The summed E-state index contributed by atoms with van der Waals surface area (Å²) < 4.78 is 0. The molecule has 3 N–H and O–H groups in total. The van der Waals surface area contributed by atoms with E-state index in [1.165, 1.54) is 19.4 Å². The minimum absolute atomic E-state index is 0.242. The highest BCUT2D eigenvalue weighted by Crippen LogP contribution is 2.19. The second kappa shape index (κ2) is 6.36. The zero-order valence-corrected chi connectivity index (χ0v) is 11.5. The Morgan fingerprint density at radius 3 is 2.76 bits per heavy atom. The highest BCUT2D eigenvalue weighted by atomic mass is 16.1. The first kappa shape index (κ1) is 14.5. The van der Waals surface area contributed by atoms with Gasteiger partial charge in [-0.15, -0.1) is 0 Å². The number of primary amides is 1. The van der Waals surface area contributed by atoms with E-state index >= 15 is 0 Å². The molecule has 1 amide bonds. The maximum atomic E-state index is 11.4. The summed E-state index contributed by atoms with van der Waals surface area (Å²) in [6, 6.07) is 0.703. The number of hydrogen-bond acceptors (Lipinski definition) is 3. The van der Waals surface area contributed by atoms with Crippen molar-refractivity contribution in [1.29, 1.82) is 0 Å². The molecule has 17 heavy (non-hydrogen) atoms.